The van der Waals surface area contributed by atoms with Crippen molar-refractivity contribution in [1.82, 2.24) is 15.3 Å². The summed E-state index contributed by atoms with van der Waals surface area (Å²) in [4.78, 5) is 22.1. The number of aromatic nitrogens is 2. The number of nitrogens with zero attached hydrogens (tertiary/aromatic N) is 3. The molecule has 0 bridgehead atoms. The van der Waals surface area contributed by atoms with E-state index in [9.17, 15) is 18.7 Å². The van der Waals surface area contributed by atoms with E-state index < -0.39 is 18.1 Å². The number of aliphatic hydroxyl groups excluding tert-OH is 1. The van der Waals surface area contributed by atoms with Crippen LogP contribution in [-0.4, -0.2) is 53.6 Å². The molecule has 1 aromatic carbocycles. The number of carbonyl (C=O) groups is 1. The number of hydrogen-bond donors (Lipinski definition) is 2. The molecule has 1 unspecified atom stereocenters. The van der Waals surface area contributed by atoms with Crippen molar-refractivity contribution in [2.45, 2.75) is 43.9 Å². The number of halogens is 2. The summed E-state index contributed by atoms with van der Waals surface area (Å²) in [6.45, 7) is 2.36. The number of rotatable bonds is 3. The normalized spacial score (nSPS) is 25.3. The summed E-state index contributed by atoms with van der Waals surface area (Å²) in [5, 5.41) is 12.5. The summed E-state index contributed by atoms with van der Waals surface area (Å²) in [5.74, 6) is -2.26. The molecule has 1 fully saturated rings. The standard InChI is InChI=1S/C21H22F2N4O4/c1-10-15(28)8-27(10)19-25-17(13-5-6-21(22,23)18(13)26-19)11-3-4-12-14(24-20(29)30-2)9-31-16(12)7-11/h3-4,7,10,14-15,28H,5-6,8-9H2,1-2H3,(H,24,29)/t10-,14?,15+/m0/s1. The Bertz CT molecular complexity index is 1060. The number of amides is 1. The van der Waals surface area contributed by atoms with Crippen molar-refractivity contribution < 1.29 is 28.2 Å². The van der Waals surface area contributed by atoms with Crippen molar-refractivity contribution in [3.8, 4) is 17.0 Å². The molecule has 1 saturated heterocycles. The third-order valence-electron chi connectivity index (χ3n) is 6.27. The Morgan fingerprint density at radius 1 is 1.39 bits per heavy atom. The van der Waals surface area contributed by atoms with Gasteiger partial charge in [0.25, 0.3) is 5.92 Å². The number of β-amino-alcohol motifs (C(OH)–C–C–N with tert-alkyl or cyclic N) is 1. The van der Waals surface area contributed by atoms with Gasteiger partial charge in [-0.2, -0.15) is 8.78 Å². The average Bonchev–Trinajstić information content (AvgIpc) is 3.30. The molecular formula is C21H22F2N4O4. The number of carbonyl (C=O) groups excluding carboxylic acids is 1. The lowest BCUT2D eigenvalue weighted by molar-refractivity contribution is -0.00603. The maximum atomic E-state index is 14.6. The summed E-state index contributed by atoms with van der Waals surface area (Å²) in [6, 6.07) is 4.75. The molecule has 5 rings (SSSR count). The molecular weight excluding hydrogens is 410 g/mol. The molecule has 164 valence electrons. The Kier molecular flexibility index (Phi) is 4.51. The van der Waals surface area contributed by atoms with Crippen LogP contribution in [0.15, 0.2) is 18.2 Å². The molecule has 3 heterocycles. The molecule has 8 nitrogen and oxygen atoms in total. The van der Waals surface area contributed by atoms with E-state index in [1.807, 2.05) is 0 Å². The van der Waals surface area contributed by atoms with Gasteiger partial charge in [0.2, 0.25) is 5.95 Å². The van der Waals surface area contributed by atoms with Gasteiger partial charge in [-0.3, -0.25) is 0 Å². The van der Waals surface area contributed by atoms with E-state index in [2.05, 4.69) is 20.0 Å². The molecule has 2 aromatic rings. The molecule has 10 heteroatoms. The fourth-order valence-electron chi connectivity index (χ4n) is 4.31. The zero-order chi connectivity index (χ0) is 21.9. The first-order chi connectivity index (χ1) is 14.8. The van der Waals surface area contributed by atoms with E-state index in [0.29, 0.717) is 29.1 Å². The van der Waals surface area contributed by atoms with E-state index in [0.717, 1.165) is 5.56 Å². The summed E-state index contributed by atoms with van der Waals surface area (Å²) in [5.41, 5.74) is 2.06. The lowest BCUT2D eigenvalue weighted by Crippen LogP contribution is -2.59. The van der Waals surface area contributed by atoms with Crippen LogP contribution in [0.2, 0.25) is 0 Å². The molecule has 1 amide bonds. The van der Waals surface area contributed by atoms with Gasteiger partial charge in [0.05, 0.1) is 31.0 Å². The monoisotopic (exact) mass is 432 g/mol. The maximum absolute atomic E-state index is 14.6. The van der Waals surface area contributed by atoms with Crippen LogP contribution in [0.5, 0.6) is 5.75 Å². The highest BCUT2D eigenvalue weighted by Crippen LogP contribution is 2.46. The van der Waals surface area contributed by atoms with Gasteiger partial charge in [0.15, 0.2) is 0 Å². The van der Waals surface area contributed by atoms with E-state index in [1.54, 1.807) is 30.0 Å². The van der Waals surface area contributed by atoms with Gasteiger partial charge < -0.3 is 24.8 Å². The number of anilines is 1. The lowest BCUT2D eigenvalue weighted by atomic mass is 10.00. The molecule has 31 heavy (non-hydrogen) atoms. The maximum Gasteiger partial charge on any atom is 0.407 e. The van der Waals surface area contributed by atoms with Gasteiger partial charge in [0.1, 0.15) is 18.1 Å². The lowest BCUT2D eigenvalue weighted by Gasteiger charge is -2.43. The van der Waals surface area contributed by atoms with Gasteiger partial charge in [-0.1, -0.05) is 12.1 Å². The van der Waals surface area contributed by atoms with Crippen LogP contribution in [0.3, 0.4) is 0 Å². The van der Waals surface area contributed by atoms with Crippen LogP contribution < -0.4 is 15.0 Å². The number of alkyl halides is 2. The Labute approximate surface area is 177 Å². The second-order valence-corrected chi connectivity index (χ2v) is 8.12. The van der Waals surface area contributed by atoms with E-state index in [1.165, 1.54) is 7.11 Å². The minimum atomic E-state index is -3.02. The highest BCUT2D eigenvalue weighted by Gasteiger charge is 2.45. The van der Waals surface area contributed by atoms with Crippen molar-refractivity contribution in [3.63, 3.8) is 0 Å². The van der Waals surface area contributed by atoms with Crippen LogP contribution in [0.1, 0.15) is 36.2 Å². The predicted molar refractivity (Wildman–Crippen MR) is 106 cm³/mol. The minimum Gasteiger partial charge on any atom is -0.491 e. The van der Waals surface area contributed by atoms with Crippen LogP contribution >= 0.6 is 0 Å². The predicted octanol–water partition coefficient (Wildman–Crippen LogP) is 2.54. The Balaban J connectivity index is 1.55. The van der Waals surface area contributed by atoms with Gasteiger partial charge >= 0.3 is 6.09 Å². The van der Waals surface area contributed by atoms with Gasteiger partial charge in [-0.05, 0) is 19.4 Å². The number of methoxy groups -OCH3 is 1. The first kappa shape index (κ1) is 19.9. The summed E-state index contributed by atoms with van der Waals surface area (Å²) in [7, 11) is 1.29. The average molecular weight is 432 g/mol. The Morgan fingerprint density at radius 2 is 2.19 bits per heavy atom. The molecule has 1 aliphatic carbocycles. The molecule has 2 aliphatic heterocycles. The van der Waals surface area contributed by atoms with Crippen LogP contribution in [0.4, 0.5) is 19.5 Å². The van der Waals surface area contributed by atoms with Crippen molar-refractivity contribution >= 4 is 12.0 Å². The van der Waals surface area contributed by atoms with Crippen molar-refractivity contribution in [1.29, 1.82) is 0 Å². The topological polar surface area (TPSA) is 96.8 Å². The number of nitrogens with one attached hydrogen (secondary N) is 1. The van der Waals surface area contributed by atoms with E-state index in [4.69, 9.17) is 4.74 Å². The third kappa shape index (κ3) is 3.16. The van der Waals surface area contributed by atoms with Crippen LogP contribution in [0.25, 0.3) is 11.3 Å². The van der Waals surface area contributed by atoms with Crippen LogP contribution in [-0.2, 0) is 17.1 Å². The molecule has 3 atom stereocenters. The highest BCUT2D eigenvalue weighted by atomic mass is 19.3. The van der Waals surface area contributed by atoms with Gasteiger partial charge in [-0.15, -0.1) is 0 Å². The van der Waals surface area contributed by atoms with Crippen molar-refractivity contribution in [3.05, 3.63) is 35.0 Å². The summed E-state index contributed by atoms with van der Waals surface area (Å²) in [6.07, 6.45) is -1.22. The first-order valence-electron chi connectivity index (χ1n) is 10.1. The largest absolute Gasteiger partial charge is 0.491 e. The number of hydrogen-bond acceptors (Lipinski definition) is 7. The highest BCUT2D eigenvalue weighted by molar-refractivity contribution is 5.71. The fourth-order valence-corrected chi connectivity index (χ4v) is 4.31. The minimum absolute atomic E-state index is 0.181. The molecule has 3 aliphatic rings. The molecule has 0 spiro atoms. The molecule has 2 N–H and O–H groups in total. The quantitative estimate of drug-likeness (QED) is 0.769. The second kappa shape index (κ2) is 7.01. The number of fused-ring (bicyclic) bond motifs is 2. The van der Waals surface area contributed by atoms with E-state index >= 15 is 0 Å². The van der Waals surface area contributed by atoms with Crippen molar-refractivity contribution in [2.75, 3.05) is 25.2 Å². The SMILES string of the molecule is COC(=O)NC1COc2cc(-c3nc(N4C[C@@H](O)[C@@H]4C)nc4c3CCC4(F)F)ccc21. The number of aliphatic hydroxyl groups is 1. The summed E-state index contributed by atoms with van der Waals surface area (Å²) >= 11 is 0. The van der Waals surface area contributed by atoms with E-state index in [-0.39, 0.29) is 43.2 Å². The van der Waals surface area contributed by atoms with Gasteiger partial charge in [-0.25, -0.2) is 14.8 Å². The third-order valence-corrected chi connectivity index (χ3v) is 6.27. The number of benzene rings is 1. The molecule has 1 aromatic heterocycles. The summed E-state index contributed by atoms with van der Waals surface area (Å²) < 4.78 is 39.5. The first-order valence-corrected chi connectivity index (χ1v) is 10.1. The smallest absolute Gasteiger partial charge is 0.407 e. The Morgan fingerprint density at radius 3 is 2.90 bits per heavy atom. The van der Waals surface area contributed by atoms with Gasteiger partial charge in [0, 0.05) is 29.7 Å². The molecule has 0 radical (unpaired) electrons. The van der Waals surface area contributed by atoms with Crippen molar-refractivity contribution in [2.24, 2.45) is 0 Å². The molecule has 0 saturated carbocycles. The fraction of sp³-hybridized carbons (Fsp3) is 0.476. The Hall–Kier alpha value is -3.01. The van der Waals surface area contributed by atoms with Crippen LogP contribution in [0, 0.1) is 0 Å². The zero-order valence-electron chi connectivity index (χ0n) is 17.1. The second-order valence-electron chi connectivity index (χ2n) is 8.12. The number of alkyl carbamates (subject to hydrolysis) is 1. The number of ether oxygens (including phenoxy) is 2. The zero-order valence-corrected chi connectivity index (χ0v) is 17.1.